The Bertz CT molecular complexity index is 1290. The Labute approximate surface area is 189 Å². The molecule has 5 rings (SSSR count). The number of aromatic nitrogens is 5. The number of ether oxygens (including phenoxy) is 2. The van der Waals surface area contributed by atoms with Crippen molar-refractivity contribution in [3.05, 3.63) is 59.8 Å². The molecule has 2 aliphatic rings. The van der Waals surface area contributed by atoms with Crippen molar-refractivity contribution in [3.8, 4) is 17.3 Å². The highest BCUT2D eigenvalue weighted by Crippen LogP contribution is 2.42. The molecule has 0 N–H and O–H groups in total. The highest BCUT2D eigenvalue weighted by molar-refractivity contribution is 5.98. The molecule has 0 spiro atoms. The highest BCUT2D eigenvalue weighted by atomic mass is 16.5. The molecular weight excluding hydrogens is 408 g/mol. The number of benzene rings is 1. The van der Waals surface area contributed by atoms with Crippen molar-refractivity contribution in [2.24, 2.45) is 11.8 Å². The van der Waals surface area contributed by atoms with Crippen LogP contribution in [-0.4, -0.2) is 63.0 Å². The van der Waals surface area contributed by atoms with Crippen LogP contribution in [0.25, 0.3) is 11.3 Å². The van der Waals surface area contributed by atoms with Crippen LogP contribution in [0.3, 0.4) is 0 Å². The Balaban J connectivity index is 1.39. The number of rotatable bonds is 5. The van der Waals surface area contributed by atoms with Crippen molar-refractivity contribution in [1.29, 1.82) is 0 Å². The van der Waals surface area contributed by atoms with E-state index >= 15 is 0 Å². The zero-order chi connectivity index (χ0) is 24.7. The molecule has 1 fully saturated rings. The van der Waals surface area contributed by atoms with Gasteiger partial charge in [0.15, 0.2) is 0 Å². The van der Waals surface area contributed by atoms with E-state index in [-0.39, 0.29) is 23.5 Å². The first-order valence-corrected chi connectivity index (χ1v) is 10.3. The van der Waals surface area contributed by atoms with Gasteiger partial charge in [0.25, 0.3) is 5.91 Å². The van der Waals surface area contributed by atoms with Gasteiger partial charge in [-0.3, -0.25) is 4.79 Å². The number of nitrogens with zero attached hydrogens (tertiary/aromatic N) is 6. The van der Waals surface area contributed by atoms with Gasteiger partial charge in [-0.15, -0.1) is 0 Å². The molecule has 2 unspecified atom stereocenters. The maximum Gasteiger partial charge on any atom is 0.256 e. The topological polar surface area (TPSA) is 95.3 Å². The summed E-state index contributed by atoms with van der Waals surface area (Å²) in [5, 5.41) is 8.24. The number of carbonyl (C=O) groups excluding carboxylic acids is 1. The minimum atomic E-state index is -2.61. The van der Waals surface area contributed by atoms with Crippen LogP contribution < -0.4 is 9.47 Å². The predicted octanol–water partition coefficient (Wildman–Crippen LogP) is 2.56. The summed E-state index contributed by atoms with van der Waals surface area (Å²) >= 11 is 0. The Morgan fingerprint density at radius 1 is 1.22 bits per heavy atom. The number of fused-ring (bicyclic) bond motifs is 1. The second kappa shape index (κ2) is 8.07. The van der Waals surface area contributed by atoms with Crippen molar-refractivity contribution >= 4 is 11.5 Å². The molecular formula is C23H24N6O3. The molecule has 32 heavy (non-hydrogen) atoms. The normalized spacial score (nSPS) is 21.4. The van der Waals surface area contributed by atoms with Crippen LogP contribution >= 0.6 is 0 Å². The van der Waals surface area contributed by atoms with Gasteiger partial charge in [0.2, 0.25) is 5.88 Å². The van der Waals surface area contributed by atoms with Crippen LogP contribution in [0.15, 0.2) is 42.9 Å². The predicted molar refractivity (Wildman–Crippen MR) is 117 cm³/mol. The largest absolute Gasteiger partial charge is 0.497 e. The summed E-state index contributed by atoms with van der Waals surface area (Å²) in [6.45, 7) is 3.05. The van der Waals surface area contributed by atoms with E-state index in [0.717, 1.165) is 23.4 Å². The monoisotopic (exact) mass is 435 g/mol. The van der Waals surface area contributed by atoms with Crippen molar-refractivity contribution in [1.82, 2.24) is 29.9 Å². The molecule has 164 valence electrons. The summed E-state index contributed by atoms with van der Waals surface area (Å²) < 4.78 is 32.5. The Kier molecular flexibility index (Phi) is 4.26. The maximum absolute atomic E-state index is 13.5. The summed E-state index contributed by atoms with van der Waals surface area (Å²) in [5.41, 5.74) is 3.40. The lowest BCUT2D eigenvalue weighted by Gasteiger charge is -2.19. The van der Waals surface area contributed by atoms with Crippen molar-refractivity contribution in [2.75, 3.05) is 27.2 Å². The maximum atomic E-state index is 13.5. The molecule has 1 aliphatic carbocycles. The average molecular weight is 436 g/mol. The van der Waals surface area contributed by atoms with E-state index < -0.39 is 7.04 Å². The molecule has 2 atom stereocenters. The van der Waals surface area contributed by atoms with Gasteiger partial charge in [-0.05, 0) is 42.9 Å². The van der Waals surface area contributed by atoms with Gasteiger partial charge in [0, 0.05) is 19.2 Å². The third-order valence-corrected chi connectivity index (χ3v) is 5.98. The first-order chi connectivity index (χ1) is 16.7. The SMILES string of the molecule is [2H]C([2H])([2H])Oc1ccc(C(=O)N2CC3C=C(c4nc(C)cnc4OC)CC3C2)c(-n2nccn2)c1. The smallest absolute Gasteiger partial charge is 0.256 e. The molecule has 1 amide bonds. The number of methoxy groups -OCH3 is 2. The number of hydrogen-bond acceptors (Lipinski definition) is 7. The summed E-state index contributed by atoms with van der Waals surface area (Å²) in [6.07, 6.45) is 7.61. The molecule has 2 aromatic heterocycles. The molecule has 1 aliphatic heterocycles. The second-order valence-electron chi connectivity index (χ2n) is 8.00. The van der Waals surface area contributed by atoms with Crippen LogP contribution in [0, 0.1) is 18.8 Å². The second-order valence-corrected chi connectivity index (χ2v) is 8.00. The number of carbonyl (C=O) groups is 1. The van der Waals surface area contributed by atoms with Crippen molar-refractivity contribution in [3.63, 3.8) is 0 Å². The molecule has 0 bridgehead atoms. The number of likely N-dealkylation sites (tertiary alicyclic amines) is 1. The van der Waals surface area contributed by atoms with Gasteiger partial charge in [0.1, 0.15) is 17.1 Å². The third kappa shape index (κ3) is 3.49. The zero-order valence-electron chi connectivity index (χ0n) is 20.7. The first kappa shape index (κ1) is 16.9. The summed E-state index contributed by atoms with van der Waals surface area (Å²) in [7, 11) is -1.03. The number of allylic oxidation sites excluding steroid dienone is 1. The Morgan fingerprint density at radius 3 is 2.81 bits per heavy atom. The average Bonchev–Trinajstić information content (AvgIpc) is 3.54. The Hall–Kier alpha value is -3.75. The van der Waals surface area contributed by atoms with Crippen molar-refractivity contribution < 1.29 is 18.4 Å². The fraction of sp³-hybridized carbons (Fsp3) is 0.348. The fourth-order valence-electron chi connectivity index (χ4n) is 4.51. The van der Waals surface area contributed by atoms with Gasteiger partial charge in [-0.2, -0.15) is 15.0 Å². The lowest BCUT2D eigenvalue weighted by Crippen LogP contribution is -2.30. The van der Waals surface area contributed by atoms with Gasteiger partial charge < -0.3 is 14.4 Å². The minimum absolute atomic E-state index is 0.105. The van der Waals surface area contributed by atoms with E-state index in [1.807, 2.05) is 11.8 Å². The van der Waals surface area contributed by atoms with E-state index in [1.165, 1.54) is 29.3 Å². The Morgan fingerprint density at radius 2 is 2.06 bits per heavy atom. The standard InChI is InChI=1S/C23H24N6O3/c1-14-11-24-22(32-3)21(27-14)15-8-16-12-28(13-17(16)9-15)23(30)19-5-4-18(31-2)10-20(19)29-25-6-7-26-29/h4-8,10-11,16-17H,9,12-13H2,1-3H3/i2D3. The van der Waals surface area contributed by atoms with E-state index in [0.29, 0.717) is 30.2 Å². The molecule has 3 aromatic rings. The van der Waals surface area contributed by atoms with E-state index in [4.69, 9.17) is 13.6 Å². The van der Waals surface area contributed by atoms with Crippen LogP contribution in [0.5, 0.6) is 11.6 Å². The van der Waals surface area contributed by atoms with Crippen LogP contribution in [0.4, 0.5) is 0 Å². The molecule has 1 saturated heterocycles. The quantitative estimate of drug-likeness (QED) is 0.608. The van der Waals surface area contributed by atoms with E-state index in [1.54, 1.807) is 19.4 Å². The minimum Gasteiger partial charge on any atom is -0.497 e. The number of amides is 1. The molecule has 9 nitrogen and oxygen atoms in total. The molecule has 3 heterocycles. The summed E-state index contributed by atoms with van der Waals surface area (Å²) in [4.78, 5) is 25.6. The lowest BCUT2D eigenvalue weighted by molar-refractivity contribution is 0.0784. The van der Waals surface area contributed by atoms with Gasteiger partial charge in [-0.25, -0.2) is 9.97 Å². The van der Waals surface area contributed by atoms with Gasteiger partial charge in [0.05, 0.1) is 48.1 Å². The first-order valence-electron chi connectivity index (χ1n) is 11.8. The van der Waals surface area contributed by atoms with Gasteiger partial charge in [-0.1, -0.05) is 6.08 Å². The van der Waals surface area contributed by atoms with Gasteiger partial charge >= 0.3 is 0 Å². The van der Waals surface area contributed by atoms with Crippen molar-refractivity contribution in [2.45, 2.75) is 13.3 Å². The van der Waals surface area contributed by atoms with Crippen LogP contribution in [-0.2, 0) is 0 Å². The van der Waals surface area contributed by atoms with E-state index in [2.05, 4.69) is 26.2 Å². The number of hydrogen-bond donors (Lipinski definition) is 0. The molecule has 9 heteroatoms. The van der Waals surface area contributed by atoms with Crippen LogP contribution in [0.1, 0.15) is 32.3 Å². The zero-order valence-corrected chi connectivity index (χ0v) is 17.7. The van der Waals surface area contributed by atoms with E-state index in [9.17, 15) is 4.79 Å². The summed E-state index contributed by atoms with van der Waals surface area (Å²) in [6, 6.07) is 4.51. The molecule has 1 aromatic carbocycles. The molecule has 0 saturated carbocycles. The molecule has 0 radical (unpaired) electrons. The number of aryl methyl sites for hydroxylation is 1. The highest BCUT2D eigenvalue weighted by Gasteiger charge is 2.40. The lowest BCUT2D eigenvalue weighted by atomic mass is 9.99. The fourth-order valence-corrected chi connectivity index (χ4v) is 4.51. The summed E-state index contributed by atoms with van der Waals surface area (Å²) in [5.74, 6) is 0.907. The third-order valence-electron chi connectivity index (χ3n) is 5.98. The van der Waals surface area contributed by atoms with Crippen LogP contribution in [0.2, 0.25) is 0 Å².